The van der Waals surface area contributed by atoms with Crippen LogP contribution in [0.1, 0.15) is 40.7 Å². The van der Waals surface area contributed by atoms with Gasteiger partial charge in [0, 0.05) is 25.4 Å². The number of aldehydes is 1. The Hall–Kier alpha value is -2.40. The van der Waals surface area contributed by atoms with Gasteiger partial charge in [0.05, 0.1) is 28.3 Å². The van der Waals surface area contributed by atoms with Crippen LogP contribution in [0.25, 0.3) is 10.8 Å². The minimum Gasteiger partial charge on any atom is -0.372 e. The lowest BCUT2D eigenvalue weighted by Crippen LogP contribution is -2.42. The van der Waals surface area contributed by atoms with Crippen LogP contribution in [0.15, 0.2) is 54.6 Å². The van der Waals surface area contributed by atoms with Crippen molar-refractivity contribution in [3.8, 4) is 0 Å². The summed E-state index contributed by atoms with van der Waals surface area (Å²) in [7, 11) is 0. The van der Waals surface area contributed by atoms with Crippen molar-refractivity contribution in [1.29, 1.82) is 0 Å². The Bertz CT molecular complexity index is 1130. The van der Waals surface area contributed by atoms with Crippen LogP contribution in [0.2, 0.25) is 10.0 Å². The molecule has 2 atom stereocenters. The second-order valence-electron chi connectivity index (χ2n) is 7.93. The van der Waals surface area contributed by atoms with Crippen molar-refractivity contribution in [3.63, 3.8) is 0 Å². The molecule has 0 saturated carbocycles. The maximum Gasteiger partial charge on any atom is 0.254 e. The van der Waals surface area contributed by atoms with Gasteiger partial charge >= 0.3 is 0 Å². The lowest BCUT2D eigenvalue weighted by atomic mass is 9.93. The fourth-order valence-electron chi connectivity index (χ4n) is 4.15. The van der Waals surface area contributed by atoms with Crippen LogP contribution in [-0.4, -0.2) is 36.3 Å². The molecule has 0 saturated heterocycles. The number of rotatable bonds is 5. The fourth-order valence-corrected chi connectivity index (χ4v) is 4.45. The van der Waals surface area contributed by atoms with E-state index in [0.717, 1.165) is 28.2 Å². The third-order valence-electron chi connectivity index (χ3n) is 5.75. The largest absolute Gasteiger partial charge is 0.372 e. The first-order valence-corrected chi connectivity index (χ1v) is 11.0. The van der Waals surface area contributed by atoms with Crippen molar-refractivity contribution < 1.29 is 14.3 Å². The standard InChI is InChI=1S/C25H23Cl2NO3/c1-16-13-28(14-19(10-11-29)18-8-9-22(26)23(27)12-18)25(30)24-20(15-31-16)7-6-17-4-2-3-5-21(17)24/h2-9,11-12,16,19H,10,13-15H2,1H3/t16-,19-/m1/s1. The third-order valence-corrected chi connectivity index (χ3v) is 6.49. The molecule has 4 rings (SSSR count). The molecule has 0 unspecified atom stereocenters. The van der Waals surface area contributed by atoms with E-state index in [1.165, 1.54) is 0 Å². The number of carbonyl (C=O) groups is 2. The Morgan fingerprint density at radius 2 is 1.94 bits per heavy atom. The maximum atomic E-state index is 13.8. The lowest BCUT2D eigenvalue weighted by Gasteiger charge is -2.33. The lowest BCUT2D eigenvalue weighted by molar-refractivity contribution is -0.108. The number of benzene rings is 3. The molecule has 0 bridgehead atoms. The van der Waals surface area contributed by atoms with Gasteiger partial charge in [-0.1, -0.05) is 65.7 Å². The maximum absolute atomic E-state index is 13.8. The number of hydrogen-bond donors (Lipinski definition) is 0. The zero-order chi connectivity index (χ0) is 22.0. The quantitative estimate of drug-likeness (QED) is 0.451. The summed E-state index contributed by atoms with van der Waals surface area (Å²) in [5.41, 5.74) is 2.42. The molecular formula is C25H23Cl2NO3. The number of nitrogens with zero attached hydrogens (tertiary/aromatic N) is 1. The smallest absolute Gasteiger partial charge is 0.254 e. The van der Waals surface area contributed by atoms with E-state index in [-0.39, 0.29) is 24.3 Å². The van der Waals surface area contributed by atoms with Crippen LogP contribution in [-0.2, 0) is 16.1 Å². The van der Waals surface area contributed by atoms with Crippen LogP contribution in [0, 0.1) is 0 Å². The molecule has 0 N–H and O–H groups in total. The first-order valence-electron chi connectivity index (χ1n) is 10.3. The van der Waals surface area contributed by atoms with Crippen LogP contribution < -0.4 is 0 Å². The van der Waals surface area contributed by atoms with Gasteiger partial charge in [0.15, 0.2) is 0 Å². The monoisotopic (exact) mass is 455 g/mol. The molecule has 160 valence electrons. The molecule has 3 aromatic carbocycles. The van der Waals surface area contributed by atoms with E-state index < -0.39 is 0 Å². The van der Waals surface area contributed by atoms with Crippen molar-refractivity contribution in [2.24, 2.45) is 0 Å². The molecule has 4 nitrogen and oxygen atoms in total. The van der Waals surface area contributed by atoms with Gasteiger partial charge in [0.25, 0.3) is 5.91 Å². The first kappa shape index (κ1) is 21.8. The summed E-state index contributed by atoms with van der Waals surface area (Å²) < 4.78 is 6.02. The molecule has 6 heteroatoms. The topological polar surface area (TPSA) is 46.6 Å². The number of amides is 1. The van der Waals surface area contributed by atoms with Gasteiger partial charge in [0.2, 0.25) is 0 Å². The second-order valence-corrected chi connectivity index (χ2v) is 8.74. The van der Waals surface area contributed by atoms with E-state index in [2.05, 4.69) is 0 Å². The molecule has 0 aliphatic carbocycles. The summed E-state index contributed by atoms with van der Waals surface area (Å²) in [6.45, 7) is 3.18. The third kappa shape index (κ3) is 4.62. The Morgan fingerprint density at radius 1 is 1.13 bits per heavy atom. The number of fused-ring (bicyclic) bond motifs is 3. The highest BCUT2D eigenvalue weighted by molar-refractivity contribution is 6.42. The van der Waals surface area contributed by atoms with E-state index in [1.54, 1.807) is 17.0 Å². The van der Waals surface area contributed by atoms with E-state index in [4.69, 9.17) is 27.9 Å². The van der Waals surface area contributed by atoms with Gasteiger partial charge in [-0.3, -0.25) is 4.79 Å². The van der Waals surface area contributed by atoms with Crippen molar-refractivity contribution in [1.82, 2.24) is 4.90 Å². The summed E-state index contributed by atoms with van der Waals surface area (Å²) in [6.07, 6.45) is 1.03. The molecule has 1 heterocycles. The van der Waals surface area contributed by atoms with Gasteiger partial charge in [-0.25, -0.2) is 0 Å². The molecule has 1 aliphatic heterocycles. The molecule has 0 radical (unpaired) electrons. The normalized spacial score (nSPS) is 17.7. The highest BCUT2D eigenvalue weighted by atomic mass is 35.5. The number of halogens is 2. The predicted octanol–water partition coefficient (Wildman–Crippen LogP) is 5.88. The van der Waals surface area contributed by atoms with E-state index in [0.29, 0.717) is 35.3 Å². The van der Waals surface area contributed by atoms with E-state index in [1.807, 2.05) is 49.4 Å². The summed E-state index contributed by atoms with van der Waals surface area (Å²) in [5, 5.41) is 2.81. The van der Waals surface area contributed by atoms with Crippen LogP contribution >= 0.6 is 23.2 Å². The van der Waals surface area contributed by atoms with Gasteiger partial charge in [0.1, 0.15) is 6.29 Å². The van der Waals surface area contributed by atoms with Crippen LogP contribution in [0.3, 0.4) is 0 Å². The zero-order valence-electron chi connectivity index (χ0n) is 17.2. The average Bonchev–Trinajstić information content (AvgIpc) is 2.77. The zero-order valence-corrected chi connectivity index (χ0v) is 18.7. The minimum absolute atomic E-state index is 0.0436. The fraction of sp³-hybridized carbons (Fsp3) is 0.280. The Morgan fingerprint density at radius 3 is 2.71 bits per heavy atom. The van der Waals surface area contributed by atoms with Gasteiger partial charge in [-0.2, -0.15) is 0 Å². The van der Waals surface area contributed by atoms with Crippen molar-refractivity contribution in [2.75, 3.05) is 13.1 Å². The van der Waals surface area contributed by atoms with Gasteiger partial charge in [-0.05, 0) is 41.0 Å². The molecule has 1 amide bonds. The summed E-state index contributed by atoms with van der Waals surface area (Å²) in [4.78, 5) is 27.0. The van der Waals surface area contributed by atoms with Crippen molar-refractivity contribution in [2.45, 2.75) is 32.0 Å². The summed E-state index contributed by atoms with van der Waals surface area (Å²) in [5.74, 6) is -0.237. The van der Waals surface area contributed by atoms with Crippen LogP contribution in [0.4, 0.5) is 0 Å². The van der Waals surface area contributed by atoms with Crippen molar-refractivity contribution in [3.05, 3.63) is 81.3 Å². The van der Waals surface area contributed by atoms with E-state index >= 15 is 0 Å². The molecule has 0 spiro atoms. The second kappa shape index (κ2) is 9.39. The number of carbonyl (C=O) groups excluding carboxylic acids is 2. The number of hydrogen-bond acceptors (Lipinski definition) is 3. The van der Waals surface area contributed by atoms with Crippen molar-refractivity contribution >= 4 is 46.2 Å². The molecule has 31 heavy (non-hydrogen) atoms. The van der Waals surface area contributed by atoms with Gasteiger partial charge < -0.3 is 14.4 Å². The highest BCUT2D eigenvalue weighted by Crippen LogP contribution is 2.31. The first-order chi connectivity index (χ1) is 15.0. The SMILES string of the molecule is C[C@@H]1CN(C[C@@H](CC=O)c2ccc(Cl)c(Cl)c2)C(=O)c2c(ccc3ccccc23)CO1. The molecular weight excluding hydrogens is 433 g/mol. The molecule has 0 fully saturated rings. The molecule has 0 aromatic heterocycles. The van der Waals surface area contributed by atoms with Crippen LogP contribution in [0.5, 0.6) is 0 Å². The predicted molar refractivity (Wildman–Crippen MR) is 124 cm³/mol. The Kier molecular flexibility index (Phi) is 6.61. The minimum atomic E-state index is -0.193. The van der Waals surface area contributed by atoms with Gasteiger partial charge in [-0.15, -0.1) is 0 Å². The van der Waals surface area contributed by atoms with E-state index in [9.17, 15) is 9.59 Å². The number of ether oxygens (including phenoxy) is 1. The Balaban J connectivity index is 1.74. The molecule has 3 aromatic rings. The summed E-state index contributed by atoms with van der Waals surface area (Å²) >= 11 is 12.3. The highest BCUT2D eigenvalue weighted by Gasteiger charge is 2.28. The molecule has 1 aliphatic rings. The summed E-state index contributed by atoms with van der Waals surface area (Å²) in [6, 6.07) is 17.2. The Labute approximate surface area is 191 Å². The average molecular weight is 456 g/mol.